The highest BCUT2D eigenvalue weighted by molar-refractivity contribution is 9.10. The van der Waals surface area contributed by atoms with Gasteiger partial charge in [-0.15, -0.1) is 0 Å². The lowest BCUT2D eigenvalue weighted by Crippen LogP contribution is -2.29. The van der Waals surface area contributed by atoms with Gasteiger partial charge in [-0.05, 0) is 54.1 Å². The summed E-state index contributed by atoms with van der Waals surface area (Å²) in [5.41, 5.74) is 1.40. The number of nitrogens with one attached hydrogen (secondary N) is 1. The van der Waals surface area contributed by atoms with E-state index in [1.165, 1.54) is 12.3 Å². The highest BCUT2D eigenvalue weighted by atomic mass is 79.9. The van der Waals surface area contributed by atoms with Crippen LogP contribution in [0.5, 0.6) is 0 Å². The second kappa shape index (κ2) is 7.56. The van der Waals surface area contributed by atoms with E-state index in [0.717, 1.165) is 17.0 Å². The first-order chi connectivity index (χ1) is 13.9. The molecule has 0 fully saturated rings. The topological polar surface area (TPSA) is 79.4 Å². The maximum Gasteiger partial charge on any atom is 0.274 e. The van der Waals surface area contributed by atoms with Crippen molar-refractivity contribution in [2.24, 2.45) is 0 Å². The molecule has 3 aromatic rings. The van der Waals surface area contributed by atoms with Crippen LogP contribution in [0.25, 0.3) is 0 Å². The predicted molar refractivity (Wildman–Crippen MR) is 107 cm³/mol. The Hall–Kier alpha value is -3.39. The third-order valence-corrected chi connectivity index (χ3v) is 4.97. The number of carbonyl (C=O) groups is 3. The lowest BCUT2D eigenvalue weighted by molar-refractivity contribution is 0.0642. The summed E-state index contributed by atoms with van der Waals surface area (Å²) >= 11 is 3.36. The fraction of sp³-hybridized carbons (Fsp3) is 0.0476. The molecule has 29 heavy (non-hydrogen) atoms. The van der Waals surface area contributed by atoms with Crippen molar-refractivity contribution in [2.45, 2.75) is 6.54 Å². The van der Waals surface area contributed by atoms with E-state index >= 15 is 0 Å². The van der Waals surface area contributed by atoms with Gasteiger partial charge >= 0.3 is 0 Å². The molecule has 0 saturated heterocycles. The van der Waals surface area contributed by atoms with Gasteiger partial charge in [-0.3, -0.25) is 24.3 Å². The second-order valence-corrected chi connectivity index (χ2v) is 7.27. The van der Waals surface area contributed by atoms with Crippen molar-refractivity contribution >= 4 is 39.3 Å². The zero-order valence-electron chi connectivity index (χ0n) is 14.9. The smallest absolute Gasteiger partial charge is 0.274 e. The van der Waals surface area contributed by atoms with E-state index in [2.05, 4.69) is 26.2 Å². The summed E-state index contributed by atoms with van der Waals surface area (Å²) < 4.78 is 14.2. The van der Waals surface area contributed by atoms with E-state index in [-0.39, 0.29) is 23.4 Å². The minimum Gasteiger partial charge on any atom is -0.320 e. The number of aromatic nitrogens is 1. The summed E-state index contributed by atoms with van der Waals surface area (Å²) in [4.78, 5) is 42.8. The first kappa shape index (κ1) is 18.9. The van der Waals surface area contributed by atoms with Gasteiger partial charge in [0.15, 0.2) is 0 Å². The van der Waals surface area contributed by atoms with Crippen molar-refractivity contribution in [3.8, 4) is 0 Å². The zero-order valence-corrected chi connectivity index (χ0v) is 16.4. The molecular weight excluding hydrogens is 441 g/mol. The molecule has 0 bridgehead atoms. The van der Waals surface area contributed by atoms with E-state index in [4.69, 9.17) is 0 Å². The number of halogens is 2. The number of fused-ring (bicyclic) bond motifs is 1. The van der Waals surface area contributed by atoms with Crippen molar-refractivity contribution in [3.63, 3.8) is 0 Å². The van der Waals surface area contributed by atoms with Gasteiger partial charge in [-0.25, -0.2) is 4.39 Å². The van der Waals surface area contributed by atoms with Gasteiger partial charge < -0.3 is 5.32 Å². The molecule has 1 aliphatic heterocycles. The van der Waals surface area contributed by atoms with Crippen LogP contribution in [0.4, 0.5) is 10.1 Å². The molecule has 8 heteroatoms. The number of amides is 3. The normalized spacial score (nSPS) is 12.8. The van der Waals surface area contributed by atoms with E-state index in [9.17, 15) is 18.8 Å². The maximum atomic E-state index is 13.5. The quantitative estimate of drug-likeness (QED) is 0.604. The minimum atomic E-state index is -0.586. The van der Waals surface area contributed by atoms with Crippen LogP contribution in [-0.2, 0) is 6.54 Å². The van der Waals surface area contributed by atoms with Gasteiger partial charge in [-0.2, -0.15) is 0 Å². The summed E-state index contributed by atoms with van der Waals surface area (Å²) in [5.74, 6) is -2.09. The Balaban J connectivity index is 1.63. The zero-order chi connectivity index (χ0) is 20.5. The number of rotatable bonds is 4. The van der Waals surface area contributed by atoms with Crippen molar-refractivity contribution < 1.29 is 18.8 Å². The molecule has 1 aliphatic rings. The first-order valence-corrected chi connectivity index (χ1v) is 9.40. The van der Waals surface area contributed by atoms with Gasteiger partial charge in [0.05, 0.1) is 17.7 Å². The van der Waals surface area contributed by atoms with Crippen LogP contribution in [0.3, 0.4) is 0 Å². The van der Waals surface area contributed by atoms with Crippen LogP contribution >= 0.6 is 15.9 Å². The number of hydrogen-bond donors (Lipinski definition) is 1. The Morgan fingerprint density at radius 1 is 1.03 bits per heavy atom. The monoisotopic (exact) mass is 453 g/mol. The second-order valence-electron chi connectivity index (χ2n) is 6.36. The standard InChI is InChI=1S/C21H13BrFN3O3/c22-13-4-7-17(25-19(27)18-3-1-2-8-24-18)12(9-13)11-26-20(28)15-6-5-14(23)10-16(15)21(26)29/h1-10H,11H2,(H,25,27). The van der Waals surface area contributed by atoms with Gasteiger partial charge in [0, 0.05) is 16.4 Å². The van der Waals surface area contributed by atoms with Crippen LogP contribution in [0.2, 0.25) is 0 Å². The average Bonchev–Trinajstić information content (AvgIpc) is 2.95. The fourth-order valence-electron chi connectivity index (χ4n) is 3.08. The molecule has 0 radical (unpaired) electrons. The van der Waals surface area contributed by atoms with Crippen molar-refractivity contribution in [1.82, 2.24) is 9.88 Å². The number of anilines is 1. The van der Waals surface area contributed by atoms with E-state index < -0.39 is 23.5 Å². The molecule has 2 aromatic carbocycles. The summed E-state index contributed by atoms with van der Waals surface area (Å²) in [6.45, 7) is -0.0781. The molecule has 2 heterocycles. The molecule has 0 atom stereocenters. The van der Waals surface area contributed by atoms with E-state index in [0.29, 0.717) is 15.7 Å². The SMILES string of the molecule is O=C(Nc1ccc(Br)cc1CN1C(=O)c2ccc(F)cc2C1=O)c1ccccn1. The summed E-state index contributed by atoms with van der Waals surface area (Å²) in [6, 6.07) is 13.6. The number of imide groups is 1. The summed E-state index contributed by atoms with van der Waals surface area (Å²) in [7, 11) is 0. The molecule has 0 aliphatic carbocycles. The van der Waals surface area contributed by atoms with E-state index in [1.54, 1.807) is 36.4 Å². The van der Waals surface area contributed by atoms with Crippen LogP contribution in [0.15, 0.2) is 65.3 Å². The Morgan fingerprint density at radius 2 is 1.83 bits per heavy atom. The highest BCUT2D eigenvalue weighted by Crippen LogP contribution is 2.29. The van der Waals surface area contributed by atoms with Crippen LogP contribution in [0, 0.1) is 5.82 Å². The predicted octanol–water partition coefficient (Wildman–Crippen LogP) is 4.03. The molecule has 0 unspecified atom stereocenters. The molecule has 0 spiro atoms. The number of hydrogen-bond acceptors (Lipinski definition) is 4. The number of benzene rings is 2. The maximum absolute atomic E-state index is 13.5. The largest absolute Gasteiger partial charge is 0.320 e. The molecule has 1 N–H and O–H groups in total. The van der Waals surface area contributed by atoms with E-state index in [1.807, 2.05) is 0 Å². The highest BCUT2D eigenvalue weighted by Gasteiger charge is 2.36. The Kier molecular flexibility index (Phi) is 4.94. The molecular formula is C21H13BrFN3O3. The number of pyridine rings is 1. The lowest BCUT2D eigenvalue weighted by atomic mass is 10.1. The molecule has 4 rings (SSSR count). The molecule has 3 amide bonds. The van der Waals surface area contributed by atoms with Gasteiger partial charge in [0.2, 0.25) is 0 Å². The van der Waals surface area contributed by atoms with Crippen LogP contribution in [-0.4, -0.2) is 27.6 Å². The molecule has 6 nitrogen and oxygen atoms in total. The van der Waals surface area contributed by atoms with Gasteiger partial charge in [-0.1, -0.05) is 22.0 Å². The Morgan fingerprint density at radius 3 is 2.59 bits per heavy atom. The summed E-state index contributed by atoms with van der Waals surface area (Å²) in [5, 5.41) is 2.76. The van der Waals surface area contributed by atoms with Gasteiger partial charge in [0.25, 0.3) is 17.7 Å². The third-order valence-electron chi connectivity index (χ3n) is 4.47. The number of nitrogens with zero attached hydrogens (tertiary/aromatic N) is 2. The minimum absolute atomic E-state index is 0.0315. The molecule has 1 aromatic heterocycles. The van der Waals surface area contributed by atoms with Crippen molar-refractivity contribution in [1.29, 1.82) is 0 Å². The summed E-state index contributed by atoms with van der Waals surface area (Å²) in [6.07, 6.45) is 1.51. The first-order valence-electron chi connectivity index (χ1n) is 8.60. The Labute approximate surface area is 173 Å². The Bertz CT molecular complexity index is 1150. The van der Waals surface area contributed by atoms with Crippen LogP contribution in [0.1, 0.15) is 36.8 Å². The van der Waals surface area contributed by atoms with Crippen molar-refractivity contribution in [3.05, 3.63) is 93.5 Å². The van der Waals surface area contributed by atoms with Gasteiger partial charge in [0.1, 0.15) is 11.5 Å². The fourth-order valence-corrected chi connectivity index (χ4v) is 3.48. The molecule has 0 saturated carbocycles. The lowest BCUT2D eigenvalue weighted by Gasteiger charge is -2.17. The molecule has 144 valence electrons. The third kappa shape index (κ3) is 3.66. The number of carbonyl (C=O) groups excluding carboxylic acids is 3. The average molecular weight is 454 g/mol. The van der Waals surface area contributed by atoms with Crippen molar-refractivity contribution in [2.75, 3.05) is 5.32 Å². The van der Waals surface area contributed by atoms with Crippen LogP contribution < -0.4 is 5.32 Å².